The third-order valence-corrected chi connectivity index (χ3v) is 3.80. The second-order valence-electron chi connectivity index (χ2n) is 4.24. The van der Waals surface area contributed by atoms with Crippen LogP contribution in [-0.2, 0) is 0 Å². The molecule has 3 nitrogen and oxygen atoms in total. The minimum Gasteiger partial charge on any atom is -0.495 e. The second-order valence-corrected chi connectivity index (χ2v) is 5.55. The standard InChI is InChI=1S/C14H10BrFN2OS/c1-19-13-5-2-8(15)6-12(13)18-11-4-3-9(16)7-10(11)17-14(18)20/h2-7H,1H3,(H,17,20). The summed E-state index contributed by atoms with van der Waals surface area (Å²) in [5.74, 6) is 0.386. The summed E-state index contributed by atoms with van der Waals surface area (Å²) < 4.78 is 21.9. The average molecular weight is 353 g/mol. The number of halogens is 2. The highest BCUT2D eigenvalue weighted by atomic mass is 79.9. The van der Waals surface area contributed by atoms with Crippen LogP contribution >= 0.6 is 28.1 Å². The van der Waals surface area contributed by atoms with Gasteiger partial charge in [-0.25, -0.2) is 4.39 Å². The first-order valence-electron chi connectivity index (χ1n) is 5.84. The number of methoxy groups -OCH3 is 1. The fourth-order valence-corrected chi connectivity index (χ4v) is 2.82. The van der Waals surface area contributed by atoms with Crippen LogP contribution < -0.4 is 4.74 Å². The lowest BCUT2D eigenvalue weighted by molar-refractivity contribution is 0.413. The molecule has 20 heavy (non-hydrogen) atoms. The molecule has 0 saturated heterocycles. The van der Waals surface area contributed by atoms with Crippen LogP contribution in [0.15, 0.2) is 40.9 Å². The number of nitrogens with zero attached hydrogens (tertiary/aromatic N) is 1. The Balaban J connectivity index is 2.37. The van der Waals surface area contributed by atoms with Gasteiger partial charge < -0.3 is 9.72 Å². The predicted molar refractivity (Wildman–Crippen MR) is 82.7 cm³/mol. The van der Waals surface area contributed by atoms with Crippen LogP contribution in [0, 0.1) is 10.6 Å². The maximum Gasteiger partial charge on any atom is 0.182 e. The quantitative estimate of drug-likeness (QED) is 0.683. The summed E-state index contributed by atoms with van der Waals surface area (Å²) in [4.78, 5) is 3.00. The van der Waals surface area contributed by atoms with Crippen molar-refractivity contribution < 1.29 is 9.13 Å². The number of hydrogen-bond acceptors (Lipinski definition) is 2. The molecular weight excluding hydrogens is 343 g/mol. The molecule has 0 aliphatic rings. The van der Waals surface area contributed by atoms with Crippen molar-refractivity contribution in [3.05, 3.63) is 51.5 Å². The number of H-pyrrole nitrogens is 1. The molecule has 0 aliphatic carbocycles. The van der Waals surface area contributed by atoms with Crippen LogP contribution in [-0.4, -0.2) is 16.7 Å². The third kappa shape index (κ3) is 2.14. The van der Waals surface area contributed by atoms with Crippen molar-refractivity contribution in [3.63, 3.8) is 0 Å². The molecule has 0 fully saturated rings. The summed E-state index contributed by atoms with van der Waals surface area (Å²) in [5.41, 5.74) is 2.24. The number of rotatable bonds is 2. The minimum atomic E-state index is -0.304. The Morgan fingerprint density at radius 2 is 2.05 bits per heavy atom. The van der Waals surface area contributed by atoms with Crippen molar-refractivity contribution in [2.75, 3.05) is 7.11 Å². The van der Waals surface area contributed by atoms with Crippen molar-refractivity contribution in [2.45, 2.75) is 0 Å². The normalized spacial score (nSPS) is 10.9. The zero-order valence-electron chi connectivity index (χ0n) is 10.5. The Kier molecular flexibility index (Phi) is 3.35. The first-order chi connectivity index (χ1) is 9.60. The zero-order chi connectivity index (χ0) is 14.3. The largest absolute Gasteiger partial charge is 0.495 e. The summed E-state index contributed by atoms with van der Waals surface area (Å²) in [7, 11) is 1.60. The Bertz CT molecular complexity index is 856. The molecule has 2 aromatic carbocycles. The van der Waals surface area contributed by atoms with Crippen molar-refractivity contribution in [1.29, 1.82) is 0 Å². The molecule has 1 aromatic heterocycles. The molecule has 3 rings (SSSR count). The molecule has 0 spiro atoms. The molecular formula is C14H10BrFN2OS. The second kappa shape index (κ2) is 5.03. The van der Waals surface area contributed by atoms with Gasteiger partial charge in [0.2, 0.25) is 0 Å². The van der Waals surface area contributed by atoms with Gasteiger partial charge in [0.15, 0.2) is 4.77 Å². The third-order valence-electron chi connectivity index (χ3n) is 3.03. The van der Waals surface area contributed by atoms with Gasteiger partial charge in [0.1, 0.15) is 11.6 Å². The molecule has 3 aromatic rings. The van der Waals surface area contributed by atoms with Gasteiger partial charge in [0.05, 0.1) is 23.8 Å². The number of nitrogens with one attached hydrogen (secondary N) is 1. The van der Waals surface area contributed by atoms with E-state index < -0.39 is 0 Å². The van der Waals surface area contributed by atoms with Crippen molar-refractivity contribution >= 4 is 39.2 Å². The van der Waals surface area contributed by atoms with E-state index in [1.807, 2.05) is 22.8 Å². The van der Waals surface area contributed by atoms with Crippen LogP contribution in [0.4, 0.5) is 4.39 Å². The molecule has 0 bridgehead atoms. The van der Waals surface area contributed by atoms with Crippen LogP contribution in [0.25, 0.3) is 16.7 Å². The maximum absolute atomic E-state index is 13.3. The van der Waals surface area contributed by atoms with E-state index in [1.165, 1.54) is 12.1 Å². The van der Waals surface area contributed by atoms with E-state index >= 15 is 0 Å². The SMILES string of the molecule is COc1ccc(Br)cc1-n1c(=S)[nH]c2cc(F)ccc21. The topological polar surface area (TPSA) is 29.9 Å². The lowest BCUT2D eigenvalue weighted by Crippen LogP contribution is -1.98. The highest BCUT2D eigenvalue weighted by molar-refractivity contribution is 9.10. The molecule has 6 heteroatoms. The highest BCUT2D eigenvalue weighted by Crippen LogP contribution is 2.30. The van der Waals surface area contributed by atoms with Crippen molar-refractivity contribution in [1.82, 2.24) is 9.55 Å². The van der Waals surface area contributed by atoms with Crippen LogP contribution in [0.3, 0.4) is 0 Å². The predicted octanol–water partition coefficient (Wildman–Crippen LogP) is 4.60. The Labute approximate surface area is 128 Å². The van der Waals surface area contributed by atoms with E-state index in [0.29, 0.717) is 16.0 Å². The fraction of sp³-hybridized carbons (Fsp3) is 0.0714. The van der Waals surface area contributed by atoms with E-state index in [0.717, 1.165) is 15.7 Å². The van der Waals surface area contributed by atoms with Crippen molar-refractivity contribution in [3.8, 4) is 11.4 Å². The molecule has 102 valence electrons. The van der Waals surface area contributed by atoms with Gasteiger partial charge in [-0.15, -0.1) is 0 Å². The number of hydrogen-bond donors (Lipinski definition) is 1. The zero-order valence-corrected chi connectivity index (χ0v) is 12.9. The maximum atomic E-state index is 13.3. The Morgan fingerprint density at radius 3 is 2.80 bits per heavy atom. The van der Waals surface area contributed by atoms with Crippen molar-refractivity contribution in [2.24, 2.45) is 0 Å². The smallest absolute Gasteiger partial charge is 0.182 e. The van der Waals surface area contributed by atoms with E-state index in [1.54, 1.807) is 13.2 Å². The van der Waals surface area contributed by atoms with E-state index in [-0.39, 0.29) is 5.82 Å². The Morgan fingerprint density at radius 1 is 1.25 bits per heavy atom. The molecule has 0 atom stereocenters. The minimum absolute atomic E-state index is 0.304. The van der Waals surface area contributed by atoms with Crippen LogP contribution in [0.5, 0.6) is 5.75 Å². The molecule has 0 aliphatic heterocycles. The van der Waals surface area contributed by atoms with Gasteiger partial charge in [0, 0.05) is 4.47 Å². The molecule has 0 unspecified atom stereocenters. The highest BCUT2D eigenvalue weighted by Gasteiger charge is 2.12. The fourth-order valence-electron chi connectivity index (χ4n) is 2.16. The van der Waals surface area contributed by atoms with Gasteiger partial charge in [-0.3, -0.25) is 4.57 Å². The number of aromatic amines is 1. The molecule has 0 radical (unpaired) electrons. The van der Waals surface area contributed by atoms with Crippen LogP contribution in [0.1, 0.15) is 0 Å². The summed E-state index contributed by atoms with van der Waals surface area (Å²) in [6, 6.07) is 10.2. The first-order valence-corrected chi connectivity index (χ1v) is 7.04. The Hall–Kier alpha value is -1.66. The van der Waals surface area contributed by atoms with Gasteiger partial charge in [-0.2, -0.15) is 0 Å². The van der Waals surface area contributed by atoms with Gasteiger partial charge >= 0.3 is 0 Å². The lowest BCUT2D eigenvalue weighted by Gasteiger charge is -2.10. The first kappa shape index (κ1) is 13.3. The molecule has 0 saturated carbocycles. The summed E-state index contributed by atoms with van der Waals surface area (Å²) in [6.45, 7) is 0. The molecule has 0 amide bonds. The number of fused-ring (bicyclic) bond motifs is 1. The summed E-state index contributed by atoms with van der Waals surface area (Å²) in [6.07, 6.45) is 0. The van der Waals surface area contributed by atoms with Gasteiger partial charge in [-0.1, -0.05) is 15.9 Å². The monoisotopic (exact) mass is 352 g/mol. The summed E-state index contributed by atoms with van der Waals surface area (Å²) in [5, 5.41) is 0. The number of benzene rings is 2. The van der Waals surface area contributed by atoms with E-state index in [2.05, 4.69) is 20.9 Å². The average Bonchev–Trinajstić information content (AvgIpc) is 2.73. The van der Waals surface area contributed by atoms with Gasteiger partial charge in [-0.05, 0) is 48.6 Å². The van der Waals surface area contributed by atoms with E-state index in [4.69, 9.17) is 17.0 Å². The molecule has 1 N–H and O–H groups in total. The van der Waals surface area contributed by atoms with Gasteiger partial charge in [0.25, 0.3) is 0 Å². The van der Waals surface area contributed by atoms with E-state index in [9.17, 15) is 4.39 Å². The lowest BCUT2D eigenvalue weighted by atomic mass is 10.2. The summed E-state index contributed by atoms with van der Waals surface area (Å²) >= 11 is 8.78. The number of imidazole rings is 1. The number of ether oxygens (including phenoxy) is 1. The molecule has 1 heterocycles. The number of aromatic nitrogens is 2. The van der Waals surface area contributed by atoms with Crippen LogP contribution in [0.2, 0.25) is 0 Å².